The molecule has 5 nitrogen and oxygen atoms in total. The highest BCUT2D eigenvalue weighted by atomic mass is 35.5. The lowest BCUT2D eigenvalue weighted by molar-refractivity contribution is 1.00. The summed E-state index contributed by atoms with van der Waals surface area (Å²) in [4.78, 5) is 12.2. The minimum absolute atomic E-state index is 0.593. The molecule has 0 aliphatic heterocycles. The molecule has 0 amide bonds. The van der Waals surface area contributed by atoms with E-state index in [0.29, 0.717) is 10.6 Å². The van der Waals surface area contributed by atoms with E-state index in [-0.39, 0.29) is 0 Å². The van der Waals surface area contributed by atoms with Gasteiger partial charge in [0.25, 0.3) is 0 Å². The number of hydrogen-bond acceptors (Lipinski definition) is 3. The lowest BCUT2D eigenvalue weighted by Gasteiger charge is -2.06. The van der Waals surface area contributed by atoms with E-state index in [1.54, 1.807) is 24.4 Å². The zero-order valence-corrected chi connectivity index (χ0v) is 12.6. The van der Waals surface area contributed by atoms with Crippen molar-refractivity contribution in [3.63, 3.8) is 0 Å². The third-order valence-corrected chi connectivity index (χ3v) is 3.78. The number of hydrogen-bond donors (Lipinski definition) is 1. The van der Waals surface area contributed by atoms with E-state index in [9.17, 15) is 0 Å². The fraction of sp³-hybridized carbons (Fsp3) is 0. The molecule has 0 fully saturated rings. The lowest BCUT2D eigenvalue weighted by atomic mass is 10.2. The number of nitriles is 1. The number of benzene rings is 1. The van der Waals surface area contributed by atoms with Gasteiger partial charge in [0.05, 0.1) is 33.4 Å². The Hall–Kier alpha value is -3.10. The maximum Gasteiger partial charge on any atom is 0.155 e. The summed E-state index contributed by atoms with van der Waals surface area (Å²) < 4.78 is 1.93. The topological polar surface area (TPSA) is 70.3 Å². The fourth-order valence-electron chi connectivity index (χ4n) is 2.48. The normalized spacial score (nSPS) is 10.8. The lowest BCUT2D eigenvalue weighted by Crippen LogP contribution is -1.98. The van der Waals surface area contributed by atoms with Gasteiger partial charge in [0.15, 0.2) is 5.82 Å². The highest BCUT2D eigenvalue weighted by Gasteiger charge is 2.11. The Kier molecular flexibility index (Phi) is 3.11. The number of halogens is 1. The molecule has 0 saturated heterocycles. The van der Waals surface area contributed by atoms with Crippen molar-refractivity contribution >= 4 is 22.6 Å². The first-order valence-corrected chi connectivity index (χ1v) is 7.32. The van der Waals surface area contributed by atoms with Crippen LogP contribution in [0.15, 0.2) is 54.9 Å². The summed E-state index contributed by atoms with van der Waals surface area (Å²) in [5.74, 6) is 1.48. The van der Waals surface area contributed by atoms with Gasteiger partial charge < -0.3 is 4.98 Å². The minimum atomic E-state index is 0.593. The van der Waals surface area contributed by atoms with Gasteiger partial charge in [-0.1, -0.05) is 11.6 Å². The standard InChI is InChI=1S/C17H10ClN5/c18-12-4-6-16(20-10-12)23-7-1-2-15(23)17-21-13-5-3-11(9-19)8-14(13)22-17/h1-8,10H,(H,21,22). The van der Waals surface area contributed by atoms with Crippen molar-refractivity contribution in [3.8, 4) is 23.4 Å². The van der Waals surface area contributed by atoms with Crippen molar-refractivity contribution in [2.45, 2.75) is 0 Å². The predicted octanol–water partition coefficient (Wildman–Crippen LogP) is 3.94. The number of pyridine rings is 1. The number of aromatic nitrogens is 4. The highest BCUT2D eigenvalue weighted by molar-refractivity contribution is 6.30. The zero-order chi connectivity index (χ0) is 15.8. The molecular formula is C17H10ClN5. The number of nitrogens with one attached hydrogen (secondary N) is 1. The third kappa shape index (κ3) is 2.35. The number of aromatic amines is 1. The Morgan fingerprint density at radius 3 is 2.87 bits per heavy atom. The maximum absolute atomic E-state index is 9.00. The molecule has 0 saturated carbocycles. The van der Waals surface area contributed by atoms with Crippen molar-refractivity contribution in [2.75, 3.05) is 0 Å². The molecule has 0 unspecified atom stereocenters. The van der Waals surface area contributed by atoms with Crippen LogP contribution in [0.1, 0.15) is 5.56 Å². The molecule has 6 heteroatoms. The molecule has 110 valence electrons. The van der Waals surface area contributed by atoms with Gasteiger partial charge in [-0.25, -0.2) is 9.97 Å². The molecule has 3 aromatic heterocycles. The minimum Gasteiger partial charge on any atom is -0.337 e. The van der Waals surface area contributed by atoms with Crippen LogP contribution in [0.3, 0.4) is 0 Å². The summed E-state index contributed by atoms with van der Waals surface area (Å²) in [6.45, 7) is 0. The van der Waals surface area contributed by atoms with Crippen molar-refractivity contribution in [1.29, 1.82) is 5.26 Å². The second kappa shape index (κ2) is 5.27. The van der Waals surface area contributed by atoms with Gasteiger partial charge in [0, 0.05) is 12.4 Å². The zero-order valence-electron chi connectivity index (χ0n) is 11.9. The Morgan fingerprint density at radius 1 is 1.17 bits per heavy atom. The van der Waals surface area contributed by atoms with E-state index in [1.165, 1.54) is 0 Å². The largest absolute Gasteiger partial charge is 0.337 e. The molecule has 0 aliphatic carbocycles. The van der Waals surface area contributed by atoms with E-state index in [2.05, 4.69) is 21.0 Å². The second-order valence-corrected chi connectivity index (χ2v) is 5.46. The summed E-state index contributed by atoms with van der Waals surface area (Å²) in [6.07, 6.45) is 3.53. The van der Waals surface area contributed by atoms with E-state index in [4.69, 9.17) is 16.9 Å². The maximum atomic E-state index is 9.00. The van der Waals surface area contributed by atoms with Crippen LogP contribution in [0.25, 0.3) is 28.4 Å². The van der Waals surface area contributed by atoms with Gasteiger partial charge in [0.2, 0.25) is 0 Å². The quantitative estimate of drug-likeness (QED) is 0.608. The Bertz CT molecular complexity index is 1040. The summed E-state index contributed by atoms with van der Waals surface area (Å²) in [5, 5.41) is 9.59. The van der Waals surface area contributed by atoms with E-state index in [0.717, 1.165) is 28.4 Å². The van der Waals surface area contributed by atoms with Gasteiger partial charge in [-0.05, 0) is 42.5 Å². The molecule has 0 bridgehead atoms. The van der Waals surface area contributed by atoms with Crippen molar-refractivity contribution < 1.29 is 0 Å². The molecule has 0 spiro atoms. The van der Waals surface area contributed by atoms with E-state index >= 15 is 0 Å². The van der Waals surface area contributed by atoms with Crippen molar-refractivity contribution in [2.24, 2.45) is 0 Å². The van der Waals surface area contributed by atoms with Crippen LogP contribution in [-0.4, -0.2) is 19.5 Å². The molecule has 1 N–H and O–H groups in total. The molecule has 3 heterocycles. The first-order chi connectivity index (χ1) is 11.2. The Morgan fingerprint density at radius 2 is 2.09 bits per heavy atom. The SMILES string of the molecule is N#Cc1ccc2nc(-c3cccn3-c3ccc(Cl)cn3)[nH]c2c1. The Balaban J connectivity index is 1.84. The smallest absolute Gasteiger partial charge is 0.155 e. The van der Waals surface area contributed by atoms with Crippen LogP contribution < -0.4 is 0 Å². The summed E-state index contributed by atoms with van der Waals surface area (Å²) in [6, 6.07) is 15.0. The van der Waals surface area contributed by atoms with Gasteiger partial charge in [-0.2, -0.15) is 5.26 Å². The average molecular weight is 320 g/mol. The molecule has 23 heavy (non-hydrogen) atoms. The molecule has 0 aliphatic rings. The molecule has 4 rings (SSSR count). The number of imidazole rings is 1. The Labute approximate surface area is 136 Å². The van der Waals surface area contributed by atoms with Gasteiger partial charge in [-0.3, -0.25) is 4.57 Å². The summed E-state index contributed by atoms with van der Waals surface area (Å²) >= 11 is 5.90. The molecule has 0 radical (unpaired) electrons. The molecular weight excluding hydrogens is 310 g/mol. The summed E-state index contributed by atoms with van der Waals surface area (Å²) in [7, 11) is 0. The molecule has 0 atom stereocenters. The van der Waals surface area contributed by atoms with Crippen molar-refractivity contribution in [1.82, 2.24) is 19.5 Å². The highest BCUT2D eigenvalue weighted by Crippen LogP contribution is 2.24. The number of nitrogens with zero attached hydrogens (tertiary/aromatic N) is 4. The number of fused-ring (bicyclic) bond motifs is 1. The van der Waals surface area contributed by atoms with Crippen LogP contribution in [-0.2, 0) is 0 Å². The summed E-state index contributed by atoms with van der Waals surface area (Å²) in [5.41, 5.74) is 3.13. The molecule has 1 aromatic carbocycles. The predicted molar refractivity (Wildman–Crippen MR) is 88.4 cm³/mol. The van der Waals surface area contributed by atoms with Crippen LogP contribution >= 0.6 is 11.6 Å². The van der Waals surface area contributed by atoms with Gasteiger partial charge in [0.1, 0.15) is 5.82 Å². The first-order valence-electron chi connectivity index (χ1n) is 6.94. The second-order valence-electron chi connectivity index (χ2n) is 5.03. The van der Waals surface area contributed by atoms with E-state index in [1.807, 2.05) is 35.0 Å². The fourth-order valence-corrected chi connectivity index (χ4v) is 2.60. The monoisotopic (exact) mass is 319 g/mol. The molecule has 4 aromatic rings. The van der Waals surface area contributed by atoms with Crippen LogP contribution in [0.4, 0.5) is 0 Å². The first kappa shape index (κ1) is 13.6. The van der Waals surface area contributed by atoms with E-state index < -0.39 is 0 Å². The number of H-pyrrole nitrogens is 1. The van der Waals surface area contributed by atoms with Crippen LogP contribution in [0, 0.1) is 11.3 Å². The van der Waals surface area contributed by atoms with Crippen LogP contribution in [0.5, 0.6) is 0 Å². The number of rotatable bonds is 2. The van der Waals surface area contributed by atoms with Gasteiger partial charge >= 0.3 is 0 Å². The van der Waals surface area contributed by atoms with Gasteiger partial charge in [-0.15, -0.1) is 0 Å². The average Bonchev–Trinajstić information content (AvgIpc) is 3.21. The third-order valence-electron chi connectivity index (χ3n) is 3.56. The van der Waals surface area contributed by atoms with Crippen LogP contribution in [0.2, 0.25) is 5.02 Å². The van der Waals surface area contributed by atoms with Crippen molar-refractivity contribution in [3.05, 3.63) is 65.4 Å².